The van der Waals surface area contributed by atoms with E-state index in [-0.39, 0.29) is 18.0 Å². The second kappa shape index (κ2) is 7.10. The fourth-order valence-corrected chi connectivity index (χ4v) is 1.12. The highest BCUT2D eigenvalue weighted by atomic mass is 19.1. The Kier molecular flexibility index (Phi) is 5.46. The van der Waals surface area contributed by atoms with Gasteiger partial charge in [-0.15, -0.1) is 0 Å². The molecule has 1 rings (SSSR count). The van der Waals surface area contributed by atoms with Crippen LogP contribution in [0.1, 0.15) is 10.4 Å². The molecule has 6 nitrogen and oxygen atoms in total. The SMILES string of the molecule is CNC(=O)CNC(=O)COC(=O)c1ccc(F)cc1. The summed E-state index contributed by atoms with van der Waals surface area (Å²) in [6.45, 7) is -0.698. The number of hydrogen-bond donors (Lipinski definition) is 2. The summed E-state index contributed by atoms with van der Waals surface area (Å²) in [7, 11) is 1.43. The summed E-state index contributed by atoms with van der Waals surface area (Å²) in [6, 6.07) is 4.73. The largest absolute Gasteiger partial charge is 0.452 e. The number of benzene rings is 1. The van der Waals surface area contributed by atoms with Gasteiger partial charge in [0.1, 0.15) is 5.82 Å². The number of halogens is 1. The quantitative estimate of drug-likeness (QED) is 0.727. The van der Waals surface area contributed by atoms with Gasteiger partial charge in [0, 0.05) is 7.05 Å². The van der Waals surface area contributed by atoms with Crippen LogP contribution in [0.15, 0.2) is 24.3 Å². The molecule has 0 saturated heterocycles. The molecular weight excluding hydrogens is 255 g/mol. The van der Waals surface area contributed by atoms with Crippen molar-refractivity contribution < 1.29 is 23.5 Å². The maximum atomic E-state index is 12.6. The monoisotopic (exact) mass is 268 g/mol. The Balaban J connectivity index is 2.36. The minimum atomic E-state index is -0.741. The van der Waals surface area contributed by atoms with E-state index >= 15 is 0 Å². The Morgan fingerprint density at radius 2 is 1.79 bits per heavy atom. The molecule has 19 heavy (non-hydrogen) atoms. The van der Waals surface area contributed by atoms with E-state index < -0.39 is 24.3 Å². The van der Waals surface area contributed by atoms with Crippen LogP contribution >= 0.6 is 0 Å². The maximum absolute atomic E-state index is 12.6. The van der Waals surface area contributed by atoms with Gasteiger partial charge in [-0.1, -0.05) is 0 Å². The van der Waals surface area contributed by atoms with Crippen molar-refractivity contribution in [2.45, 2.75) is 0 Å². The van der Waals surface area contributed by atoms with Gasteiger partial charge in [-0.05, 0) is 24.3 Å². The third kappa shape index (κ3) is 5.15. The summed E-state index contributed by atoms with van der Waals surface area (Å²) in [5, 5.41) is 4.58. The molecule has 2 N–H and O–H groups in total. The number of carbonyl (C=O) groups is 3. The van der Waals surface area contributed by atoms with Crippen molar-refractivity contribution in [3.05, 3.63) is 35.6 Å². The van der Waals surface area contributed by atoms with E-state index in [9.17, 15) is 18.8 Å². The normalized spacial score (nSPS) is 9.58. The molecule has 1 aromatic rings. The first-order chi connectivity index (χ1) is 9.02. The Hall–Kier alpha value is -2.44. The lowest BCUT2D eigenvalue weighted by Gasteiger charge is -2.06. The van der Waals surface area contributed by atoms with Crippen molar-refractivity contribution in [3.8, 4) is 0 Å². The van der Waals surface area contributed by atoms with E-state index in [0.717, 1.165) is 12.1 Å². The summed E-state index contributed by atoms with van der Waals surface area (Å²) in [5.41, 5.74) is 0.139. The van der Waals surface area contributed by atoms with Crippen LogP contribution < -0.4 is 10.6 Å². The topological polar surface area (TPSA) is 84.5 Å². The summed E-state index contributed by atoms with van der Waals surface area (Å²) in [5.74, 6) is -2.17. The molecule has 7 heteroatoms. The van der Waals surface area contributed by atoms with E-state index in [1.807, 2.05) is 0 Å². The van der Waals surface area contributed by atoms with Crippen LogP contribution in [-0.2, 0) is 14.3 Å². The molecule has 2 amide bonds. The van der Waals surface area contributed by atoms with Gasteiger partial charge in [0.25, 0.3) is 5.91 Å². The molecule has 0 aliphatic heterocycles. The fourth-order valence-electron chi connectivity index (χ4n) is 1.12. The van der Waals surface area contributed by atoms with Crippen molar-refractivity contribution in [2.24, 2.45) is 0 Å². The smallest absolute Gasteiger partial charge is 0.338 e. The molecule has 0 fully saturated rings. The zero-order valence-electron chi connectivity index (χ0n) is 10.2. The average Bonchev–Trinajstić information content (AvgIpc) is 2.42. The third-order valence-corrected chi connectivity index (χ3v) is 2.14. The molecule has 0 radical (unpaired) electrons. The molecule has 0 heterocycles. The number of amides is 2. The Morgan fingerprint density at radius 1 is 1.16 bits per heavy atom. The number of esters is 1. The predicted molar refractivity (Wildman–Crippen MR) is 63.8 cm³/mol. The van der Waals surface area contributed by atoms with Gasteiger partial charge < -0.3 is 15.4 Å². The molecule has 0 aromatic heterocycles. The number of ether oxygens (including phenoxy) is 1. The average molecular weight is 268 g/mol. The Bertz CT molecular complexity index is 473. The van der Waals surface area contributed by atoms with E-state index in [4.69, 9.17) is 4.74 Å². The first-order valence-corrected chi connectivity index (χ1v) is 5.43. The molecule has 0 saturated carbocycles. The van der Waals surface area contributed by atoms with E-state index in [0.29, 0.717) is 0 Å². The van der Waals surface area contributed by atoms with E-state index in [2.05, 4.69) is 10.6 Å². The van der Waals surface area contributed by atoms with Gasteiger partial charge in [-0.2, -0.15) is 0 Å². The second-order valence-electron chi connectivity index (χ2n) is 3.53. The first-order valence-electron chi connectivity index (χ1n) is 5.43. The lowest BCUT2D eigenvalue weighted by Crippen LogP contribution is -2.37. The van der Waals surface area contributed by atoms with Crippen LogP contribution in [0.2, 0.25) is 0 Å². The predicted octanol–water partition coefficient (Wildman–Crippen LogP) is -0.155. The van der Waals surface area contributed by atoms with Gasteiger partial charge in [-0.3, -0.25) is 9.59 Å². The molecule has 0 aliphatic rings. The van der Waals surface area contributed by atoms with Crippen molar-refractivity contribution in [2.75, 3.05) is 20.2 Å². The third-order valence-electron chi connectivity index (χ3n) is 2.14. The zero-order valence-corrected chi connectivity index (χ0v) is 10.2. The minimum Gasteiger partial charge on any atom is -0.452 e. The van der Waals surface area contributed by atoms with Crippen molar-refractivity contribution in [1.29, 1.82) is 0 Å². The maximum Gasteiger partial charge on any atom is 0.338 e. The standard InChI is InChI=1S/C12H13FN2O4/c1-14-10(16)6-15-11(17)7-19-12(18)8-2-4-9(13)5-3-8/h2-5H,6-7H2,1H3,(H,14,16)(H,15,17). The highest BCUT2D eigenvalue weighted by Crippen LogP contribution is 2.04. The van der Waals surface area contributed by atoms with E-state index in [1.54, 1.807) is 0 Å². The number of carbonyl (C=O) groups excluding carboxylic acids is 3. The van der Waals surface area contributed by atoms with Crippen LogP contribution in [0.5, 0.6) is 0 Å². The van der Waals surface area contributed by atoms with Crippen LogP contribution in [0.4, 0.5) is 4.39 Å². The van der Waals surface area contributed by atoms with Crippen LogP contribution in [0.3, 0.4) is 0 Å². The van der Waals surface area contributed by atoms with Crippen LogP contribution in [-0.4, -0.2) is 38.0 Å². The molecule has 0 bridgehead atoms. The summed E-state index contributed by atoms with van der Waals surface area (Å²) >= 11 is 0. The minimum absolute atomic E-state index is 0.139. The van der Waals surface area contributed by atoms with Crippen LogP contribution in [0.25, 0.3) is 0 Å². The van der Waals surface area contributed by atoms with Gasteiger partial charge in [0.15, 0.2) is 6.61 Å². The number of likely N-dealkylation sites (N-methyl/N-ethyl adjacent to an activating group) is 1. The van der Waals surface area contributed by atoms with Gasteiger partial charge in [0.05, 0.1) is 12.1 Å². The van der Waals surface area contributed by atoms with Crippen molar-refractivity contribution >= 4 is 17.8 Å². The highest BCUT2D eigenvalue weighted by molar-refractivity contribution is 5.91. The summed E-state index contributed by atoms with van der Waals surface area (Å²) in [6.07, 6.45) is 0. The number of hydrogen-bond acceptors (Lipinski definition) is 4. The number of rotatable bonds is 5. The van der Waals surface area contributed by atoms with E-state index in [1.165, 1.54) is 19.2 Å². The fraction of sp³-hybridized carbons (Fsp3) is 0.250. The Labute approximate surface area is 108 Å². The van der Waals surface area contributed by atoms with Crippen molar-refractivity contribution in [3.63, 3.8) is 0 Å². The van der Waals surface area contributed by atoms with Crippen molar-refractivity contribution in [1.82, 2.24) is 10.6 Å². The molecule has 0 atom stereocenters. The second-order valence-corrected chi connectivity index (χ2v) is 3.53. The summed E-state index contributed by atoms with van der Waals surface area (Å²) in [4.78, 5) is 33.5. The molecular formula is C12H13FN2O4. The lowest BCUT2D eigenvalue weighted by atomic mass is 10.2. The molecule has 0 unspecified atom stereocenters. The van der Waals surface area contributed by atoms with Crippen LogP contribution in [0, 0.1) is 5.82 Å². The van der Waals surface area contributed by atoms with Gasteiger partial charge in [-0.25, -0.2) is 9.18 Å². The molecule has 0 aliphatic carbocycles. The number of nitrogens with one attached hydrogen (secondary N) is 2. The lowest BCUT2D eigenvalue weighted by molar-refractivity contribution is -0.127. The summed E-state index contributed by atoms with van der Waals surface area (Å²) < 4.78 is 17.3. The molecule has 0 spiro atoms. The highest BCUT2D eigenvalue weighted by Gasteiger charge is 2.10. The van der Waals surface area contributed by atoms with Gasteiger partial charge >= 0.3 is 5.97 Å². The van der Waals surface area contributed by atoms with Gasteiger partial charge in [0.2, 0.25) is 5.91 Å². The first kappa shape index (κ1) is 14.6. The molecule has 102 valence electrons. The zero-order chi connectivity index (χ0) is 14.3. The molecule has 1 aromatic carbocycles. The Morgan fingerprint density at radius 3 is 2.37 bits per heavy atom.